The van der Waals surface area contributed by atoms with Gasteiger partial charge in [-0.1, -0.05) is 11.6 Å². The van der Waals surface area contributed by atoms with Gasteiger partial charge in [-0.3, -0.25) is 4.68 Å². The molecule has 1 aromatic carbocycles. The van der Waals surface area contributed by atoms with Crippen LogP contribution in [0.4, 0.5) is 11.5 Å². The predicted molar refractivity (Wildman–Crippen MR) is 75.5 cm³/mol. The summed E-state index contributed by atoms with van der Waals surface area (Å²) in [7, 11) is 0. The zero-order valence-electron chi connectivity index (χ0n) is 11.0. The van der Waals surface area contributed by atoms with Crippen LogP contribution in [-0.4, -0.2) is 19.7 Å². The molecular formula is C14H15N5. The number of nitrogens with zero attached hydrogens (tertiary/aromatic N) is 4. The summed E-state index contributed by atoms with van der Waals surface area (Å²) >= 11 is 0. The maximum atomic E-state index is 4.32. The van der Waals surface area contributed by atoms with Crippen molar-refractivity contribution >= 4 is 22.4 Å². The first-order chi connectivity index (χ1) is 9.26. The van der Waals surface area contributed by atoms with Gasteiger partial charge >= 0.3 is 0 Å². The van der Waals surface area contributed by atoms with Crippen molar-refractivity contribution in [3.8, 4) is 0 Å². The molecule has 0 unspecified atom stereocenters. The molecule has 3 rings (SSSR count). The van der Waals surface area contributed by atoms with Crippen molar-refractivity contribution in [2.45, 2.75) is 20.4 Å². The van der Waals surface area contributed by atoms with Gasteiger partial charge in [0.2, 0.25) is 0 Å². The summed E-state index contributed by atoms with van der Waals surface area (Å²) < 4.78 is 1.87. The van der Waals surface area contributed by atoms with E-state index in [2.05, 4.69) is 40.3 Å². The first-order valence-corrected chi connectivity index (χ1v) is 6.27. The lowest BCUT2D eigenvalue weighted by Crippen LogP contribution is -1.96. The molecule has 0 radical (unpaired) electrons. The molecule has 0 spiro atoms. The Labute approximate surface area is 111 Å². The first-order valence-electron chi connectivity index (χ1n) is 6.27. The second-order valence-electron chi connectivity index (χ2n) is 4.45. The normalized spacial score (nSPS) is 10.8. The lowest BCUT2D eigenvalue weighted by molar-refractivity contribution is 0.660. The van der Waals surface area contributed by atoms with Crippen LogP contribution in [0, 0.1) is 6.92 Å². The Hall–Kier alpha value is -2.43. The second kappa shape index (κ2) is 4.68. The summed E-state index contributed by atoms with van der Waals surface area (Å²) in [5.41, 5.74) is 3.06. The van der Waals surface area contributed by atoms with Crippen molar-refractivity contribution in [3.63, 3.8) is 0 Å². The largest absolute Gasteiger partial charge is 0.337 e. The maximum Gasteiger partial charge on any atom is 0.141 e. The number of hydrogen-bond acceptors (Lipinski definition) is 4. The van der Waals surface area contributed by atoms with Gasteiger partial charge in [-0.15, -0.1) is 0 Å². The van der Waals surface area contributed by atoms with E-state index in [0.29, 0.717) is 0 Å². The SMILES string of the molecule is CCn1cc(Nc2ncnc3ccc(C)cc23)cn1. The zero-order valence-corrected chi connectivity index (χ0v) is 11.0. The Bertz CT molecular complexity index is 717. The fourth-order valence-electron chi connectivity index (χ4n) is 2.01. The quantitative estimate of drug-likeness (QED) is 0.779. The predicted octanol–water partition coefficient (Wildman–Crippen LogP) is 2.90. The highest BCUT2D eigenvalue weighted by Crippen LogP contribution is 2.23. The second-order valence-corrected chi connectivity index (χ2v) is 4.45. The van der Waals surface area contributed by atoms with Crippen molar-refractivity contribution in [2.24, 2.45) is 0 Å². The van der Waals surface area contributed by atoms with Gasteiger partial charge in [0, 0.05) is 18.1 Å². The van der Waals surface area contributed by atoms with E-state index in [-0.39, 0.29) is 0 Å². The Morgan fingerprint density at radius 2 is 2.16 bits per heavy atom. The van der Waals surface area contributed by atoms with Crippen LogP contribution in [0.5, 0.6) is 0 Å². The fourth-order valence-corrected chi connectivity index (χ4v) is 2.01. The Kier molecular flexibility index (Phi) is 2.87. The number of benzene rings is 1. The molecule has 19 heavy (non-hydrogen) atoms. The van der Waals surface area contributed by atoms with Crippen LogP contribution in [0.3, 0.4) is 0 Å². The molecule has 0 bridgehead atoms. The molecule has 0 aliphatic heterocycles. The van der Waals surface area contributed by atoms with Crippen molar-refractivity contribution in [2.75, 3.05) is 5.32 Å². The third kappa shape index (κ3) is 2.27. The Balaban J connectivity index is 2.02. The third-order valence-electron chi connectivity index (χ3n) is 3.01. The Morgan fingerprint density at radius 3 is 2.95 bits per heavy atom. The smallest absolute Gasteiger partial charge is 0.141 e. The van der Waals surface area contributed by atoms with Crippen molar-refractivity contribution in [1.82, 2.24) is 19.7 Å². The highest BCUT2D eigenvalue weighted by molar-refractivity contribution is 5.90. The number of aromatic nitrogens is 4. The van der Waals surface area contributed by atoms with Crippen LogP contribution >= 0.6 is 0 Å². The van der Waals surface area contributed by atoms with Gasteiger partial charge in [-0.05, 0) is 26.0 Å². The molecule has 2 heterocycles. The molecule has 0 saturated carbocycles. The van der Waals surface area contributed by atoms with Crippen LogP contribution in [-0.2, 0) is 6.54 Å². The van der Waals surface area contributed by atoms with Gasteiger partial charge in [0.15, 0.2) is 0 Å². The summed E-state index contributed by atoms with van der Waals surface area (Å²) in [4.78, 5) is 8.59. The van der Waals surface area contributed by atoms with E-state index >= 15 is 0 Å². The van der Waals surface area contributed by atoms with E-state index in [9.17, 15) is 0 Å². The number of hydrogen-bond donors (Lipinski definition) is 1. The standard InChI is InChI=1S/C14H15N5/c1-3-19-8-11(7-17-19)18-14-12-6-10(2)4-5-13(12)15-9-16-14/h4-9H,3H2,1-2H3,(H,15,16,18). The average molecular weight is 253 g/mol. The minimum atomic E-state index is 0.810. The molecule has 0 aliphatic carbocycles. The van der Waals surface area contributed by atoms with Crippen LogP contribution in [0.25, 0.3) is 10.9 Å². The van der Waals surface area contributed by atoms with Crippen molar-refractivity contribution in [1.29, 1.82) is 0 Å². The van der Waals surface area contributed by atoms with E-state index in [1.54, 1.807) is 12.5 Å². The molecule has 0 saturated heterocycles. The van der Waals surface area contributed by atoms with Gasteiger partial charge in [0.25, 0.3) is 0 Å². The highest BCUT2D eigenvalue weighted by Gasteiger charge is 2.05. The average Bonchev–Trinajstić information content (AvgIpc) is 2.87. The van der Waals surface area contributed by atoms with Gasteiger partial charge in [-0.25, -0.2) is 9.97 Å². The number of anilines is 2. The number of fused-ring (bicyclic) bond motifs is 1. The number of rotatable bonds is 3. The lowest BCUT2D eigenvalue weighted by atomic mass is 10.1. The summed E-state index contributed by atoms with van der Waals surface area (Å²) in [6.45, 7) is 4.97. The van der Waals surface area contributed by atoms with Gasteiger partial charge in [0.05, 0.1) is 17.4 Å². The molecule has 5 heteroatoms. The van der Waals surface area contributed by atoms with Gasteiger partial charge in [0.1, 0.15) is 12.1 Å². The van der Waals surface area contributed by atoms with Crippen LogP contribution < -0.4 is 5.32 Å². The number of nitrogens with one attached hydrogen (secondary N) is 1. The molecule has 0 amide bonds. The van der Waals surface area contributed by atoms with Gasteiger partial charge < -0.3 is 5.32 Å². The Morgan fingerprint density at radius 1 is 1.26 bits per heavy atom. The summed E-state index contributed by atoms with van der Waals surface area (Å²) in [6.07, 6.45) is 5.33. The molecular weight excluding hydrogens is 238 g/mol. The lowest BCUT2D eigenvalue weighted by Gasteiger charge is -2.06. The molecule has 2 aromatic heterocycles. The fraction of sp³-hybridized carbons (Fsp3) is 0.214. The van der Waals surface area contributed by atoms with E-state index in [0.717, 1.165) is 29.0 Å². The van der Waals surface area contributed by atoms with Crippen molar-refractivity contribution in [3.05, 3.63) is 42.5 Å². The minimum Gasteiger partial charge on any atom is -0.337 e. The zero-order chi connectivity index (χ0) is 13.2. The van der Waals surface area contributed by atoms with E-state index in [1.807, 2.05) is 23.0 Å². The van der Waals surface area contributed by atoms with Crippen LogP contribution in [0.2, 0.25) is 0 Å². The monoisotopic (exact) mass is 253 g/mol. The van der Waals surface area contributed by atoms with E-state index in [1.165, 1.54) is 5.56 Å². The van der Waals surface area contributed by atoms with Crippen molar-refractivity contribution < 1.29 is 0 Å². The van der Waals surface area contributed by atoms with E-state index < -0.39 is 0 Å². The minimum absolute atomic E-state index is 0.810. The molecule has 0 atom stereocenters. The summed E-state index contributed by atoms with van der Waals surface area (Å²) in [5, 5.41) is 8.55. The maximum absolute atomic E-state index is 4.32. The third-order valence-corrected chi connectivity index (χ3v) is 3.01. The molecule has 0 aliphatic rings. The molecule has 1 N–H and O–H groups in total. The highest BCUT2D eigenvalue weighted by atomic mass is 15.3. The number of aryl methyl sites for hydroxylation is 2. The van der Waals surface area contributed by atoms with Gasteiger partial charge in [-0.2, -0.15) is 5.10 Å². The van der Waals surface area contributed by atoms with E-state index in [4.69, 9.17) is 0 Å². The summed E-state index contributed by atoms with van der Waals surface area (Å²) in [5.74, 6) is 0.810. The molecule has 3 aromatic rings. The molecule has 0 fully saturated rings. The summed E-state index contributed by atoms with van der Waals surface area (Å²) in [6, 6.07) is 6.14. The first kappa shape index (κ1) is 11.6. The molecule has 96 valence electrons. The van der Waals surface area contributed by atoms with Crippen LogP contribution in [0.15, 0.2) is 36.9 Å². The van der Waals surface area contributed by atoms with Crippen LogP contribution in [0.1, 0.15) is 12.5 Å². The molecule has 5 nitrogen and oxygen atoms in total. The topological polar surface area (TPSA) is 55.6 Å².